The maximum atomic E-state index is 12.7. The maximum absolute atomic E-state index is 12.7. The predicted octanol–water partition coefficient (Wildman–Crippen LogP) is 2.52. The summed E-state index contributed by atoms with van der Waals surface area (Å²) in [7, 11) is 0. The number of aliphatic carboxylic acids is 1. The Hall–Kier alpha value is -2.30. The number of carboxylic acid groups (broad SMARTS) is 1. The van der Waals surface area contributed by atoms with E-state index in [1.807, 2.05) is 25.1 Å². The lowest BCUT2D eigenvalue weighted by atomic mass is 10.1. The Kier molecular flexibility index (Phi) is 4.62. The van der Waals surface area contributed by atoms with Gasteiger partial charge in [0.2, 0.25) is 0 Å². The normalized spacial score (nSPS) is 16.4. The minimum absolute atomic E-state index is 0.269. The highest BCUT2D eigenvalue weighted by atomic mass is 16.4. The number of amides is 2. The van der Waals surface area contributed by atoms with Crippen molar-refractivity contribution < 1.29 is 14.7 Å². The number of hydrogen-bond donors (Lipinski definition) is 1. The van der Waals surface area contributed by atoms with Crippen LogP contribution in [0.3, 0.4) is 0 Å². The molecule has 21 heavy (non-hydrogen) atoms. The molecule has 0 aliphatic carbocycles. The van der Waals surface area contributed by atoms with Crippen LogP contribution in [0.4, 0.5) is 10.5 Å². The average molecular weight is 288 g/mol. The lowest BCUT2D eigenvalue weighted by molar-refractivity contribution is -0.138. The highest BCUT2D eigenvalue weighted by molar-refractivity contribution is 6.01. The molecule has 0 aromatic heterocycles. The smallest absolute Gasteiger partial charge is 0.327 e. The molecule has 0 radical (unpaired) electrons. The van der Waals surface area contributed by atoms with Crippen LogP contribution in [-0.2, 0) is 11.2 Å². The number of carboxylic acids is 1. The van der Waals surface area contributed by atoms with Crippen LogP contribution in [0, 0.1) is 0 Å². The second-order valence-electron chi connectivity index (χ2n) is 5.07. The zero-order chi connectivity index (χ0) is 15.4. The summed E-state index contributed by atoms with van der Waals surface area (Å²) in [6, 6.07) is 6.25. The molecule has 0 spiro atoms. The monoisotopic (exact) mass is 288 g/mol. The summed E-state index contributed by atoms with van der Waals surface area (Å²) < 4.78 is 0. The number of nitrogens with zero attached hydrogens (tertiary/aromatic N) is 2. The molecule has 0 saturated carbocycles. The van der Waals surface area contributed by atoms with Gasteiger partial charge in [-0.2, -0.15) is 0 Å². The van der Waals surface area contributed by atoms with E-state index in [1.54, 1.807) is 17.0 Å². The van der Waals surface area contributed by atoms with E-state index in [0.717, 1.165) is 12.0 Å². The van der Waals surface area contributed by atoms with Gasteiger partial charge in [-0.25, -0.2) is 9.59 Å². The summed E-state index contributed by atoms with van der Waals surface area (Å²) in [5, 5.41) is 9.41. The van der Waals surface area contributed by atoms with Gasteiger partial charge in [-0.05, 0) is 18.1 Å². The first kappa shape index (κ1) is 15.1. The summed E-state index contributed by atoms with van der Waals surface area (Å²) in [6.45, 7) is 6.64. The first-order valence-corrected chi connectivity index (χ1v) is 7.09. The van der Waals surface area contributed by atoms with Gasteiger partial charge < -0.3 is 10.0 Å². The fourth-order valence-corrected chi connectivity index (χ4v) is 2.66. The first-order chi connectivity index (χ1) is 10.1. The maximum Gasteiger partial charge on any atom is 0.327 e. The van der Waals surface area contributed by atoms with Gasteiger partial charge in [-0.15, -0.1) is 6.58 Å². The second kappa shape index (κ2) is 6.43. The van der Waals surface area contributed by atoms with Gasteiger partial charge in [0.1, 0.15) is 6.04 Å². The van der Waals surface area contributed by atoms with E-state index in [-0.39, 0.29) is 6.03 Å². The Labute approximate surface area is 124 Å². The van der Waals surface area contributed by atoms with Crippen LogP contribution in [0.2, 0.25) is 0 Å². The largest absolute Gasteiger partial charge is 0.480 e. The number of para-hydroxylation sites is 1. The molecule has 5 nitrogen and oxygen atoms in total. The minimum Gasteiger partial charge on any atom is -0.480 e. The molecule has 1 N–H and O–H groups in total. The molecule has 1 atom stereocenters. The molecular formula is C16H20N2O3. The Morgan fingerprint density at radius 1 is 1.48 bits per heavy atom. The molecule has 1 aromatic carbocycles. The van der Waals surface area contributed by atoms with Gasteiger partial charge >= 0.3 is 12.0 Å². The van der Waals surface area contributed by atoms with Crippen molar-refractivity contribution in [1.82, 2.24) is 4.90 Å². The lowest BCUT2D eigenvalue weighted by Crippen LogP contribution is -2.50. The van der Waals surface area contributed by atoms with Crippen molar-refractivity contribution in [3.63, 3.8) is 0 Å². The third-order valence-electron chi connectivity index (χ3n) is 3.58. The Morgan fingerprint density at radius 2 is 2.19 bits per heavy atom. The van der Waals surface area contributed by atoms with Crippen molar-refractivity contribution in [2.45, 2.75) is 25.8 Å². The number of anilines is 1. The van der Waals surface area contributed by atoms with E-state index < -0.39 is 12.0 Å². The molecule has 1 aliphatic rings. The van der Waals surface area contributed by atoms with Crippen molar-refractivity contribution in [2.24, 2.45) is 0 Å². The molecule has 1 heterocycles. The van der Waals surface area contributed by atoms with Crippen molar-refractivity contribution in [3.8, 4) is 0 Å². The quantitative estimate of drug-likeness (QED) is 0.847. The first-order valence-electron chi connectivity index (χ1n) is 7.09. The van der Waals surface area contributed by atoms with Crippen molar-refractivity contribution in [2.75, 3.05) is 18.0 Å². The molecule has 1 aromatic rings. The summed E-state index contributed by atoms with van der Waals surface area (Å²) in [6.07, 6.45) is 2.82. The van der Waals surface area contributed by atoms with Crippen LogP contribution in [0.15, 0.2) is 36.9 Å². The van der Waals surface area contributed by atoms with E-state index in [4.69, 9.17) is 0 Å². The fraction of sp³-hybridized carbons (Fsp3) is 0.375. The van der Waals surface area contributed by atoms with Crippen LogP contribution in [-0.4, -0.2) is 41.1 Å². The molecule has 2 amide bonds. The van der Waals surface area contributed by atoms with Crippen molar-refractivity contribution in [1.29, 1.82) is 0 Å². The molecule has 112 valence electrons. The topological polar surface area (TPSA) is 60.9 Å². The van der Waals surface area contributed by atoms with Crippen LogP contribution in [0.1, 0.15) is 18.9 Å². The standard InChI is InChI=1S/C16H20N2O3/c1-3-9-17(10-4-2)16(21)18-13-8-6-5-7-12(13)11-14(18)15(19)20/h3,5-8,14H,1,4,9-11H2,2H3,(H,19,20)/t14-/m0/s1. The minimum atomic E-state index is -0.977. The van der Waals surface area contributed by atoms with Crippen LogP contribution >= 0.6 is 0 Å². The Morgan fingerprint density at radius 3 is 2.81 bits per heavy atom. The number of rotatable bonds is 5. The highest BCUT2D eigenvalue weighted by Crippen LogP contribution is 2.33. The van der Waals surface area contributed by atoms with E-state index >= 15 is 0 Å². The van der Waals surface area contributed by atoms with E-state index in [2.05, 4.69) is 6.58 Å². The summed E-state index contributed by atoms with van der Waals surface area (Å²) in [4.78, 5) is 27.3. The Balaban J connectivity index is 2.35. The number of urea groups is 1. The van der Waals surface area contributed by atoms with Gasteiger partial charge in [0.25, 0.3) is 0 Å². The van der Waals surface area contributed by atoms with Gasteiger partial charge in [-0.1, -0.05) is 31.2 Å². The van der Waals surface area contributed by atoms with Crippen LogP contribution in [0.25, 0.3) is 0 Å². The fourth-order valence-electron chi connectivity index (χ4n) is 2.66. The average Bonchev–Trinajstić information content (AvgIpc) is 2.86. The molecule has 1 aliphatic heterocycles. The third kappa shape index (κ3) is 2.91. The zero-order valence-electron chi connectivity index (χ0n) is 12.2. The molecule has 5 heteroatoms. The molecule has 0 bridgehead atoms. The van der Waals surface area contributed by atoms with Gasteiger partial charge in [0, 0.05) is 25.2 Å². The van der Waals surface area contributed by atoms with E-state index in [0.29, 0.717) is 25.2 Å². The number of benzene rings is 1. The molecule has 0 saturated heterocycles. The molecular weight excluding hydrogens is 268 g/mol. The Bertz CT molecular complexity index is 556. The SMILES string of the molecule is C=CCN(CCC)C(=O)N1c2ccccc2C[C@H]1C(=O)O. The van der Waals surface area contributed by atoms with Gasteiger partial charge in [0.15, 0.2) is 0 Å². The van der Waals surface area contributed by atoms with E-state index in [9.17, 15) is 14.7 Å². The van der Waals surface area contributed by atoms with E-state index in [1.165, 1.54) is 4.90 Å². The highest BCUT2D eigenvalue weighted by Gasteiger charge is 2.39. The second-order valence-corrected chi connectivity index (χ2v) is 5.07. The number of carbonyl (C=O) groups is 2. The van der Waals surface area contributed by atoms with Gasteiger partial charge in [-0.3, -0.25) is 4.90 Å². The van der Waals surface area contributed by atoms with Crippen molar-refractivity contribution >= 4 is 17.7 Å². The number of fused-ring (bicyclic) bond motifs is 1. The third-order valence-corrected chi connectivity index (χ3v) is 3.58. The lowest BCUT2D eigenvalue weighted by Gasteiger charge is -2.30. The molecule has 2 rings (SSSR count). The number of carbonyl (C=O) groups excluding carboxylic acids is 1. The summed E-state index contributed by atoms with van der Waals surface area (Å²) >= 11 is 0. The predicted molar refractivity (Wildman–Crippen MR) is 81.5 cm³/mol. The summed E-state index contributed by atoms with van der Waals surface area (Å²) in [5.41, 5.74) is 1.59. The zero-order valence-corrected chi connectivity index (χ0v) is 12.2. The number of hydrogen-bond acceptors (Lipinski definition) is 2. The van der Waals surface area contributed by atoms with Crippen LogP contribution < -0.4 is 4.90 Å². The molecule has 0 unspecified atom stereocenters. The van der Waals surface area contributed by atoms with Crippen LogP contribution in [0.5, 0.6) is 0 Å². The molecule has 0 fully saturated rings. The summed E-state index contributed by atoms with van der Waals surface area (Å²) in [5.74, 6) is -0.977. The van der Waals surface area contributed by atoms with Gasteiger partial charge in [0.05, 0.1) is 0 Å². The van der Waals surface area contributed by atoms with Crippen molar-refractivity contribution in [3.05, 3.63) is 42.5 Å².